The van der Waals surface area contributed by atoms with Gasteiger partial charge in [-0.2, -0.15) is 0 Å². The van der Waals surface area contributed by atoms with Crippen molar-refractivity contribution in [3.05, 3.63) is 54.6 Å². The predicted molar refractivity (Wildman–Crippen MR) is 94.3 cm³/mol. The summed E-state index contributed by atoms with van der Waals surface area (Å²) in [4.78, 5) is 24.9. The number of benzene rings is 2. The van der Waals surface area contributed by atoms with E-state index in [4.69, 9.17) is 9.47 Å². The molecule has 1 N–H and O–H groups in total. The highest BCUT2D eigenvalue weighted by Gasteiger charge is 2.18. The van der Waals surface area contributed by atoms with Gasteiger partial charge in [-0.15, -0.1) is 11.8 Å². The Morgan fingerprint density at radius 2 is 1.75 bits per heavy atom. The van der Waals surface area contributed by atoms with E-state index in [9.17, 15) is 9.59 Å². The first-order chi connectivity index (χ1) is 11.6. The molecule has 0 aliphatic heterocycles. The number of amides is 1. The summed E-state index contributed by atoms with van der Waals surface area (Å²) in [7, 11) is 1.57. The Balaban J connectivity index is 1.78. The van der Waals surface area contributed by atoms with Crippen LogP contribution in [0.5, 0.6) is 5.75 Å². The molecule has 1 amide bonds. The van der Waals surface area contributed by atoms with Gasteiger partial charge < -0.3 is 14.8 Å². The van der Waals surface area contributed by atoms with Gasteiger partial charge in [-0.05, 0) is 43.3 Å². The molecule has 24 heavy (non-hydrogen) atoms. The van der Waals surface area contributed by atoms with Gasteiger partial charge in [0.05, 0.1) is 12.9 Å². The molecule has 126 valence electrons. The number of rotatable bonds is 7. The number of carbonyl (C=O) groups is 2. The number of esters is 1. The van der Waals surface area contributed by atoms with E-state index < -0.39 is 12.1 Å². The largest absolute Gasteiger partial charge is 0.497 e. The van der Waals surface area contributed by atoms with Gasteiger partial charge in [-0.25, -0.2) is 0 Å². The summed E-state index contributed by atoms with van der Waals surface area (Å²) in [6.45, 7) is 1.55. The second-order valence-corrected chi connectivity index (χ2v) is 6.00. The molecule has 2 aromatic carbocycles. The minimum absolute atomic E-state index is 0.157. The summed E-state index contributed by atoms with van der Waals surface area (Å²) < 4.78 is 10.2. The van der Waals surface area contributed by atoms with Crippen molar-refractivity contribution in [1.82, 2.24) is 0 Å². The van der Waals surface area contributed by atoms with E-state index in [0.29, 0.717) is 11.4 Å². The molecule has 2 rings (SSSR count). The van der Waals surface area contributed by atoms with Crippen LogP contribution >= 0.6 is 11.8 Å². The Kier molecular flexibility index (Phi) is 6.69. The number of thioether (sulfide) groups is 1. The number of nitrogens with one attached hydrogen (secondary N) is 1. The summed E-state index contributed by atoms with van der Waals surface area (Å²) in [6.07, 6.45) is -0.865. The van der Waals surface area contributed by atoms with Crippen LogP contribution in [0.1, 0.15) is 6.92 Å². The average molecular weight is 345 g/mol. The van der Waals surface area contributed by atoms with Gasteiger partial charge in [-0.1, -0.05) is 18.2 Å². The van der Waals surface area contributed by atoms with Crippen molar-refractivity contribution in [3.63, 3.8) is 0 Å². The fraction of sp³-hybridized carbons (Fsp3) is 0.222. The second kappa shape index (κ2) is 8.98. The first-order valence-electron chi connectivity index (χ1n) is 7.40. The van der Waals surface area contributed by atoms with Crippen LogP contribution in [0, 0.1) is 0 Å². The van der Waals surface area contributed by atoms with Crippen LogP contribution in [0.15, 0.2) is 59.5 Å². The molecule has 0 saturated carbocycles. The van der Waals surface area contributed by atoms with Crippen LogP contribution in [-0.4, -0.2) is 30.8 Å². The number of methoxy groups -OCH3 is 1. The minimum Gasteiger partial charge on any atom is -0.497 e. The van der Waals surface area contributed by atoms with E-state index in [-0.39, 0.29) is 11.7 Å². The van der Waals surface area contributed by atoms with Crippen molar-refractivity contribution in [3.8, 4) is 5.75 Å². The standard InChI is InChI=1S/C18H19NO4S/c1-13(18(21)19-14-8-10-15(22-2)11-9-14)23-17(20)12-24-16-6-4-3-5-7-16/h3-11,13H,12H2,1-2H3,(H,19,21)/t13-/m1/s1. The first-order valence-corrected chi connectivity index (χ1v) is 8.39. The van der Waals surface area contributed by atoms with Crippen molar-refractivity contribution >= 4 is 29.3 Å². The Labute approximate surface area is 145 Å². The third-order valence-electron chi connectivity index (χ3n) is 3.13. The number of hydrogen-bond acceptors (Lipinski definition) is 5. The highest BCUT2D eigenvalue weighted by atomic mass is 32.2. The zero-order valence-corrected chi connectivity index (χ0v) is 14.3. The molecule has 2 aromatic rings. The molecule has 0 bridgehead atoms. The third-order valence-corrected chi connectivity index (χ3v) is 4.12. The van der Waals surface area contributed by atoms with Crippen molar-refractivity contribution in [2.24, 2.45) is 0 Å². The lowest BCUT2D eigenvalue weighted by molar-refractivity contribution is -0.150. The summed E-state index contributed by atoms with van der Waals surface area (Å²) >= 11 is 1.37. The first kappa shape index (κ1) is 17.9. The lowest BCUT2D eigenvalue weighted by atomic mass is 10.3. The summed E-state index contributed by atoms with van der Waals surface area (Å²) in [5.41, 5.74) is 0.613. The van der Waals surface area contributed by atoms with Crippen LogP contribution in [0.4, 0.5) is 5.69 Å². The van der Waals surface area contributed by atoms with E-state index in [0.717, 1.165) is 4.90 Å². The van der Waals surface area contributed by atoms with Gasteiger partial charge in [0.1, 0.15) is 5.75 Å². The van der Waals surface area contributed by atoms with Crippen LogP contribution in [0.3, 0.4) is 0 Å². The normalized spacial score (nSPS) is 11.4. The predicted octanol–water partition coefficient (Wildman–Crippen LogP) is 3.36. The fourth-order valence-corrected chi connectivity index (χ4v) is 2.56. The van der Waals surface area contributed by atoms with Gasteiger partial charge in [0.15, 0.2) is 6.10 Å². The molecular weight excluding hydrogens is 326 g/mol. The maximum absolute atomic E-state index is 12.1. The molecule has 0 saturated heterocycles. The molecule has 0 unspecified atom stereocenters. The quantitative estimate of drug-likeness (QED) is 0.616. The summed E-state index contributed by atoms with van der Waals surface area (Å²) in [5, 5.41) is 2.69. The molecule has 1 atom stereocenters. The number of hydrogen-bond donors (Lipinski definition) is 1. The van der Waals surface area contributed by atoms with Crippen molar-refractivity contribution in [2.45, 2.75) is 17.9 Å². The van der Waals surface area contributed by atoms with E-state index >= 15 is 0 Å². The van der Waals surface area contributed by atoms with Crippen LogP contribution in [0.25, 0.3) is 0 Å². The SMILES string of the molecule is COc1ccc(NC(=O)[C@@H](C)OC(=O)CSc2ccccc2)cc1. The molecule has 0 fully saturated rings. The van der Waals surface area contributed by atoms with Gasteiger partial charge in [0.2, 0.25) is 0 Å². The summed E-state index contributed by atoms with van der Waals surface area (Å²) in [5.74, 6) is 0.0503. The maximum Gasteiger partial charge on any atom is 0.317 e. The zero-order chi connectivity index (χ0) is 17.4. The molecule has 5 nitrogen and oxygen atoms in total. The van der Waals surface area contributed by atoms with Gasteiger partial charge in [-0.3, -0.25) is 9.59 Å². The van der Waals surface area contributed by atoms with Gasteiger partial charge in [0, 0.05) is 10.6 Å². The fourth-order valence-electron chi connectivity index (χ4n) is 1.86. The molecule has 0 aliphatic rings. The molecule has 0 spiro atoms. The van der Waals surface area contributed by atoms with Gasteiger partial charge >= 0.3 is 5.97 Å². The summed E-state index contributed by atoms with van der Waals surface area (Å²) in [6, 6.07) is 16.5. The number of carbonyl (C=O) groups excluding carboxylic acids is 2. The Morgan fingerprint density at radius 3 is 2.38 bits per heavy atom. The van der Waals surface area contributed by atoms with Crippen LogP contribution in [0.2, 0.25) is 0 Å². The smallest absolute Gasteiger partial charge is 0.317 e. The lowest BCUT2D eigenvalue weighted by Crippen LogP contribution is -2.30. The number of anilines is 1. The monoisotopic (exact) mass is 345 g/mol. The third kappa shape index (κ3) is 5.62. The molecular formula is C18H19NO4S. The van der Waals surface area contributed by atoms with Crippen molar-refractivity contribution in [2.75, 3.05) is 18.2 Å². The second-order valence-electron chi connectivity index (χ2n) is 4.95. The molecule has 0 aromatic heterocycles. The lowest BCUT2D eigenvalue weighted by Gasteiger charge is -2.13. The van der Waals surface area contributed by atoms with Crippen LogP contribution < -0.4 is 10.1 Å². The van der Waals surface area contributed by atoms with E-state index in [1.807, 2.05) is 30.3 Å². The molecule has 6 heteroatoms. The maximum atomic E-state index is 12.1. The topological polar surface area (TPSA) is 64.6 Å². The van der Waals surface area contributed by atoms with Gasteiger partial charge in [0.25, 0.3) is 5.91 Å². The number of ether oxygens (including phenoxy) is 2. The average Bonchev–Trinajstić information content (AvgIpc) is 2.61. The highest BCUT2D eigenvalue weighted by molar-refractivity contribution is 8.00. The molecule has 0 heterocycles. The minimum atomic E-state index is -0.865. The van der Waals surface area contributed by atoms with E-state index in [1.54, 1.807) is 38.3 Å². The Morgan fingerprint density at radius 1 is 1.08 bits per heavy atom. The van der Waals surface area contributed by atoms with Crippen LogP contribution in [-0.2, 0) is 14.3 Å². The van der Waals surface area contributed by atoms with E-state index in [2.05, 4.69) is 5.32 Å². The Bertz CT molecular complexity index is 673. The highest BCUT2D eigenvalue weighted by Crippen LogP contribution is 2.18. The molecule has 0 aliphatic carbocycles. The zero-order valence-electron chi connectivity index (χ0n) is 13.5. The Hall–Kier alpha value is -2.47. The van der Waals surface area contributed by atoms with Crippen molar-refractivity contribution < 1.29 is 19.1 Å². The van der Waals surface area contributed by atoms with E-state index in [1.165, 1.54) is 11.8 Å². The van der Waals surface area contributed by atoms with Crippen molar-refractivity contribution in [1.29, 1.82) is 0 Å². The molecule has 0 radical (unpaired) electrons.